The van der Waals surface area contributed by atoms with Gasteiger partial charge in [-0.2, -0.15) is 0 Å². The van der Waals surface area contributed by atoms with Gasteiger partial charge in [0.1, 0.15) is 5.82 Å². The van der Waals surface area contributed by atoms with E-state index in [1.165, 1.54) is 12.1 Å². The fraction of sp³-hybridized carbons (Fsp3) is 0.538. The summed E-state index contributed by atoms with van der Waals surface area (Å²) in [4.78, 5) is 1.96. The minimum Gasteiger partial charge on any atom is -0.367 e. The Morgan fingerprint density at radius 1 is 1.42 bits per heavy atom. The highest BCUT2D eigenvalue weighted by Gasteiger charge is 2.28. The number of rotatable bonds is 3. The Morgan fingerprint density at radius 3 is 2.79 bits per heavy atom. The molecule has 1 aliphatic heterocycles. The normalized spacial score (nSPS) is 22.5. The van der Waals surface area contributed by atoms with Crippen molar-refractivity contribution in [3.63, 3.8) is 0 Å². The van der Waals surface area contributed by atoms with Gasteiger partial charge in [-0.05, 0) is 37.7 Å². The van der Waals surface area contributed by atoms with Crippen molar-refractivity contribution < 1.29 is 12.8 Å². The van der Waals surface area contributed by atoms with Gasteiger partial charge in [-0.1, -0.05) is 0 Å². The topological polar surface area (TPSA) is 49.4 Å². The van der Waals surface area contributed by atoms with Crippen LogP contribution in [-0.2, 0) is 16.4 Å². The van der Waals surface area contributed by atoms with Crippen molar-refractivity contribution in [1.82, 2.24) is 5.32 Å². The number of nitrogens with zero attached hydrogens (tertiary/aromatic N) is 1. The van der Waals surface area contributed by atoms with Gasteiger partial charge < -0.3 is 10.2 Å². The van der Waals surface area contributed by atoms with Crippen molar-refractivity contribution in [1.29, 1.82) is 0 Å². The van der Waals surface area contributed by atoms with E-state index in [0.717, 1.165) is 11.3 Å². The van der Waals surface area contributed by atoms with E-state index in [-0.39, 0.29) is 23.4 Å². The zero-order valence-electron chi connectivity index (χ0n) is 11.2. The number of sulfone groups is 1. The van der Waals surface area contributed by atoms with Gasteiger partial charge in [0.25, 0.3) is 0 Å². The third-order valence-corrected chi connectivity index (χ3v) is 5.12. The van der Waals surface area contributed by atoms with E-state index in [2.05, 4.69) is 5.32 Å². The maximum atomic E-state index is 13.6. The number of hydrogen-bond donors (Lipinski definition) is 1. The van der Waals surface area contributed by atoms with E-state index in [1.807, 2.05) is 17.9 Å². The number of nitrogens with one attached hydrogen (secondary N) is 1. The summed E-state index contributed by atoms with van der Waals surface area (Å²) in [6, 6.07) is 4.75. The lowest BCUT2D eigenvalue weighted by atomic mass is 10.1. The second-order valence-corrected chi connectivity index (χ2v) is 7.23. The average Bonchev–Trinajstić information content (AvgIpc) is 2.27. The predicted molar refractivity (Wildman–Crippen MR) is 74.6 cm³/mol. The molecule has 0 aliphatic carbocycles. The summed E-state index contributed by atoms with van der Waals surface area (Å²) in [5.41, 5.74) is 1.62. The fourth-order valence-corrected chi connectivity index (χ4v) is 4.04. The lowest BCUT2D eigenvalue weighted by Crippen LogP contribution is -2.47. The maximum absolute atomic E-state index is 13.6. The summed E-state index contributed by atoms with van der Waals surface area (Å²) in [5, 5.41) is 2.98. The molecule has 1 N–H and O–H groups in total. The molecule has 1 aromatic rings. The van der Waals surface area contributed by atoms with Crippen LogP contribution in [0.3, 0.4) is 0 Å². The first-order valence-electron chi connectivity index (χ1n) is 6.32. The Kier molecular flexibility index (Phi) is 4.10. The first-order valence-corrected chi connectivity index (χ1v) is 8.14. The molecular weight excluding hydrogens is 267 g/mol. The summed E-state index contributed by atoms with van der Waals surface area (Å²) < 4.78 is 36.7. The van der Waals surface area contributed by atoms with Crippen LogP contribution in [0.5, 0.6) is 0 Å². The lowest BCUT2D eigenvalue weighted by molar-refractivity contribution is 0.567. The van der Waals surface area contributed by atoms with Crippen LogP contribution >= 0.6 is 0 Å². The smallest absolute Gasteiger partial charge is 0.154 e. The van der Waals surface area contributed by atoms with Crippen molar-refractivity contribution >= 4 is 15.5 Å². The van der Waals surface area contributed by atoms with Crippen LogP contribution in [0.4, 0.5) is 10.1 Å². The molecule has 19 heavy (non-hydrogen) atoms. The van der Waals surface area contributed by atoms with Crippen LogP contribution < -0.4 is 10.2 Å². The summed E-state index contributed by atoms with van der Waals surface area (Å²) in [5.74, 6) is -0.0246. The molecule has 1 fully saturated rings. The predicted octanol–water partition coefficient (Wildman–Crippen LogP) is 1.17. The quantitative estimate of drug-likeness (QED) is 0.906. The van der Waals surface area contributed by atoms with Crippen LogP contribution in [0.1, 0.15) is 12.5 Å². The van der Waals surface area contributed by atoms with Gasteiger partial charge in [-0.25, -0.2) is 12.8 Å². The highest BCUT2D eigenvalue weighted by Crippen LogP contribution is 2.24. The summed E-state index contributed by atoms with van der Waals surface area (Å²) in [6.45, 7) is 2.87. The average molecular weight is 286 g/mol. The highest BCUT2D eigenvalue weighted by molar-refractivity contribution is 7.91. The van der Waals surface area contributed by atoms with E-state index in [9.17, 15) is 12.8 Å². The zero-order valence-corrected chi connectivity index (χ0v) is 12.0. The van der Waals surface area contributed by atoms with Gasteiger partial charge in [0.05, 0.1) is 11.5 Å². The van der Waals surface area contributed by atoms with Crippen molar-refractivity contribution in [2.75, 3.05) is 30.0 Å². The molecular formula is C13H19FN2O2S. The van der Waals surface area contributed by atoms with E-state index < -0.39 is 9.84 Å². The van der Waals surface area contributed by atoms with E-state index in [1.54, 1.807) is 7.05 Å². The van der Waals surface area contributed by atoms with E-state index >= 15 is 0 Å². The second kappa shape index (κ2) is 5.46. The molecule has 4 nitrogen and oxygen atoms in total. The minimum absolute atomic E-state index is 0.122. The zero-order chi connectivity index (χ0) is 14.0. The van der Waals surface area contributed by atoms with Crippen LogP contribution in [0.25, 0.3) is 0 Å². The maximum Gasteiger partial charge on any atom is 0.154 e. The summed E-state index contributed by atoms with van der Waals surface area (Å²) >= 11 is 0. The molecule has 1 aliphatic rings. The second-order valence-electron chi connectivity index (χ2n) is 5.00. The van der Waals surface area contributed by atoms with Gasteiger partial charge in [-0.3, -0.25) is 0 Å². The van der Waals surface area contributed by atoms with Gasteiger partial charge in [-0.15, -0.1) is 0 Å². The summed E-state index contributed by atoms with van der Waals surface area (Å²) in [7, 11) is -1.14. The van der Waals surface area contributed by atoms with E-state index in [4.69, 9.17) is 0 Å². The molecule has 0 aromatic heterocycles. The molecule has 1 atom stereocenters. The Morgan fingerprint density at radius 2 is 2.16 bits per heavy atom. The first kappa shape index (κ1) is 14.3. The van der Waals surface area contributed by atoms with Crippen molar-refractivity contribution in [3.05, 3.63) is 29.6 Å². The third kappa shape index (κ3) is 3.45. The third-order valence-electron chi connectivity index (χ3n) is 3.33. The Labute approximate surface area is 113 Å². The Bertz CT molecular complexity index is 560. The lowest BCUT2D eigenvalue weighted by Gasteiger charge is -2.35. The van der Waals surface area contributed by atoms with Gasteiger partial charge >= 0.3 is 0 Å². The molecule has 1 unspecified atom stereocenters. The van der Waals surface area contributed by atoms with Gasteiger partial charge in [0.15, 0.2) is 9.84 Å². The minimum atomic E-state index is -2.95. The largest absolute Gasteiger partial charge is 0.367 e. The van der Waals surface area contributed by atoms with Crippen LogP contribution in [0, 0.1) is 5.82 Å². The van der Waals surface area contributed by atoms with Crippen LogP contribution in [-0.4, -0.2) is 39.6 Å². The van der Waals surface area contributed by atoms with Crippen LogP contribution in [0.2, 0.25) is 0 Å². The monoisotopic (exact) mass is 286 g/mol. The number of halogens is 1. The van der Waals surface area contributed by atoms with Crippen LogP contribution in [0.15, 0.2) is 18.2 Å². The first-order chi connectivity index (χ1) is 8.91. The Hall–Kier alpha value is -1.14. The SMILES string of the molecule is CNCc1cc(F)cc(N2CCS(=O)(=O)CC2C)c1. The molecule has 0 saturated carbocycles. The number of hydrogen-bond acceptors (Lipinski definition) is 4. The molecule has 6 heteroatoms. The fourth-order valence-electron chi connectivity index (χ4n) is 2.49. The molecule has 2 rings (SSSR count). The molecule has 106 valence electrons. The molecule has 1 heterocycles. The standard InChI is InChI=1S/C13H19FN2O2S/c1-10-9-19(17,18)4-3-16(10)13-6-11(8-15-2)5-12(14)7-13/h5-7,10,15H,3-4,8-9H2,1-2H3. The van der Waals surface area contributed by atoms with Crippen molar-refractivity contribution in [2.24, 2.45) is 0 Å². The number of benzene rings is 1. The van der Waals surface area contributed by atoms with Crippen molar-refractivity contribution in [3.8, 4) is 0 Å². The van der Waals surface area contributed by atoms with Crippen molar-refractivity contribution in [2.45, 2.75) is 19.5 Å². The van der Waals surface area contributed by atoms with Gasteiger partial charge in [0, 0.05) is 24.8 Å². The van der Waals surface area contributed by atoms with E-state index in [0.29, 0.717) is 13.1 Å². The molecule has 1 aromatic carbocycles. The molecule has 0 spiro atoms. The highest BCUT2D eigenvalue weighted by atomic mass is 32.2. The van der Waals surface area contributed by atoms with Gasteiger partial charge in [0.2, 0.25) is 0 Å². The molecule has 0 bridgehead atoms. The summed E-state index contributed by atoms with van der Waals surface area (Å²) in [6.07, 6.45) is 0. The molecule has 0 radical (unpaired) electrons. The molecule has 0 amide bonds. The number of anilines is 1. The molecule has 1 saturated heterocycles. The Balaban J connectivity index is 2.26.